The van der Waals surface area contributed by atoms with Crippen molar-refractivity contribution < 1.29 is 36.6 Å². The van der Waals surface area contributed by atoms with Crippen LogP contribution in [-0.4, -0.2) is 67.2 Å². The molecule has 1 amide bonds. The van der Waals surface area contributed by atoms with Crippen LogP contribution in [0.15, 0.2) is 30.3 Å². The van der Waals surface area contributed by atoms with Gasteiger partial charge in [0, 0.05) is 37.3 Å². The highest BCUT2D eigenvalue weighted by atomic mass is 19.4. The van der Waals surface area contributed by atoms with Crippen LogP contribution in [0.2, 0.25) is 0 Å². The lowest BCUT2D eigenvalue weighted by atomic mass is 10.0. The minimum atomic E-state index is -4.53. The molecule has 0 bridgehead atoms. The molecule has 1 fully saturated rings. The second-order valence-corrected chi connectivity index (χ2v) is 8.84. The van der Waals surface area contributed by atoms with Crippen molar-refractivity contribution in [1.29, 1.82) is 0 Å². The Kier molecular flexibility index (Phi) is 7.02. The SMILES string of the molecule is COc1cc(CC(=O)N2CCN(CCc3ccc4c(c3)COC4=O)C(C(F)(F)F)C2)c(F)cc1C. The number of hydrogen-bond acceptors (Lipinski definition) is 5. The zero-order valence-corrected chi connectivity index (χ0v) is 19.5. The summed E-state index contributed by atoms with van der Waals surface area (Å²) in [4.78, 5) is 26.9. The molecule has 2 aliphatic rings. The van der Waals surface area contributed by atoms with Crippen LogP contribution in [-0.2, 0) is 29.0 Å². The number of benzene rings is 2. The molecule has 2 aromatic carbocycles. The molecule has 0 aliphatic carbocycles. The largest absolute Gasteiger partial charge is 0.496 e. The normalized spacial score (nSPS) is 18.4. The molecule has 1 saturated heterocycles. The van der Waals surface area contributed by atoms with Gasteiger partial charge in [-0.15, -0.1) is 0 Å². The second-order valence-electron chi connectivity index (χ2n) is 8.84. The molecule has 0 radical (unpaired) electrons. The first-order chi connectivity index (χ1) is 16.6. The van der Waals surface area contributed by atoms with Crippen LogP contribution in [0.4, 0.5) is 17.6 Å². The van der Waals surface area contributed by atoms with Gasteiger partial charge in [-0.1, -0.05) is 12.1 Å². The molecule has 2 aliphatic heterocycles. The molecular formula is C25H26F4N2O4. The maximum Gasteiger partial charge on any atom is 0.405 e. The smallest absolute Gasteiger partial charge is 0.405 e. The molecule has 1 unspecified atom stereocenters. The number of ether oxygens (including phenoxy) is 2. The van der Waals surface area contributed by atoms with Crippen molar-refractivity contribution in [2.24, 2.45) is 0 Å². The molecule has 0 saturated carbocycles. The number of carbonyl (C=O) groups is 2. The Morgan fingerprint density at radius 2 is 1.97 bits per heavy atom. The molecule has 10 heteroatoms. The van der Waals surface area contributed by atoms with Gasteiger partial charge in [-0.2, -0.15) is 13.2 Å². The van der Waals surface area contributed by atoms with Crippen LogP contribution in [0.3, 0.4) is 0 Å². The predicted molar refractivity (Wildman–Crippen MR) is 119 cm³/mol. The van der Waals surface area contributed by atoms with Gasteiger partial charge in [0.2, 0.25) is 5.91 Å². The van der Waals surface area contributed by atoms with Crippen LogP contribution in [0.25, 0.3) is 0 Å². The third-order valence-corrected chi connectivity index (χ3v) is 6.56. The lowest BCUT2D eigenvalue weighted by Gasteiger charge is -2.42. The first-order valence-corrected chi connectivity index (χ1v) is 11.3. The van der Waals surface area contributed by atoms with Crippen molar-refractivity contribution in [2.75, 3.05) is 33.3 Å². The number of alkyl halides is 3. The number of esters is 1. The summed E-state index contributed by atoms with van der Waals surface area (Å²) >= 11 is 0. The topological polar surface area (TPSA) is 59.1 Å². The summed E-state index contributed by atoms with van der Waals surface area (Å²) in [5.41, 5.74) is 2.68. The van der Waals surface area contributed by atoms with E-state index in [2.05, 4.69) is 0 Å². The lowest BCUT2D eigenvalue weighted by Crippen LogP contribution is -2.60. The van der Waals surface area contributed by atoms with Crippen molar-refractivity contribution in [3.05, 3.63) is 64.0 Å². The van der Waals surface area contributed by atoms with E-state index in [1.54, 1.807) is 25.1 Å². The van der Waals surface area contributed by atoms with Crippen molar-refractivity contribution >= 4 is 11.9 Å². The molecule has 4 rings (SSSR count). The molecular weight excluding hydrogens is 468 g/mol. The van der Waals surface area contributed by atoms with E-state index in [1.807, 2.05) is 0 Å². The molecule has 35 heavy (non-hydrogen) atoms. The fourth-order valence-corrected chi connectivity index (χ4v) is 4.57. The first-order valence-electron chi connectivity index (χ1n) is 11.3. The number of fused-ring (bicyclic) bond motifs is 1. The fraction of sp³-hybridized carbons (Fsp3) is 0.440. The van der Waals surface area contributed by atoms with Crippen LogP contribution in [0, 0.1) is 12.7 Å². The summed E-state index contributed by atoms with van der Waals surface area (Å²) in [7, 11) is 1.43. The average Bonchev–Trinajstić information content (AvgIpc) is 3.18. The van der Waals surface area contributed by atoms with E-state index >= 15 is 0 Å². The third-order valence-electron chi connectivity index (χ3n) is 6.56. The molecule has 0 N–H and O–H groups in total. The fourth-order valence-electron chi connectivity index (χ4n) is 4.57. The zero-order chi connectivity index (χ0) is 25.3. The molecule has 0 spiro atoms. The summed E-state index contributed by atoms with van der Waals surface area (Å²) in [5.74, 6) is -1.14. The number of carbonyl (C=O) groups excluding carboxylic acids is 2. The molecule has 2 aromatic rings. The van der Waals surface area contributed by atoms with Crippen LogP contribution in [0.1, 0.15) is 32.6 Å². The van der Waals surface area contributed by atoms with E-state index in [-0.39, 0.29) is 38.2 Å². The minimum absolute atomic E-state index is 0.0438. The Bertz CT molecular complexity index is 1140. The Balaban J connectivity index is 1.42. The van der Waals surface area contributed by atoms with Crippen LogP contribution < -0.4 is 4.74 Å². The third kappa shape index (κ3) is 5.42. The van der Waals surface area contributed by atoms with E-state index in [0.29, 0.717) is 23.3 Å². The number of piperazine rings is 1. The number of nitrogens with zero attached hydrogens (tertiary/aromatic N) is 2. The van der Waals surface area contributed by atoms with Crippen LogP contribution in [0.5, 0.6) is 5.75 Å². The maximum absolute atomic E-state index is 14.3. The highest BCUT2D eigenvalue weighted by Crippen LogP contribution is 2.29. The number of cyclic esters (lactones) is 1. The van der Waals surface area contributed by atoms with Crippen molar-refractivity contribution in [2.45, 2.75) is 38.6 Å². The van der Waals surface area contributed by atoms with E-state index in [4.69, 9.17) is 9.47 Å². The first kappa shape index (κ1) is 25.0. The van der Waals surface area contributed by atoms with Gasteiger partial charge >= 0.3 is 12.1 Å². The van der Waals surface area contributed by atoms with E-state index in [1.165, 1.54) is 24.1 Å². The zero-order valence-electron chi connectivity index (χ0n) is 19.5. The lowest BCUT2D eigenvalue weighted by molar-refractivity contribution is -0.197. The highest BCUT2D eigenvalue weighted by molar-refractivity contribution is 5.93. The second kappa shape index (κ2) is 9.85. The molecule has 2 heterocycles. The van der Waals surface area contributed by atoms with Crippen molar-refractivity contribution in [1.82, 2.24) is 9.80 Å². The van der Waals surface area contributed by atoms with Gasteiger partial charge < -0.3 is 14.4 Å². The van der Waals surface area contributed by atoms with E-state index in [0.717, 1.165) is 16.0 Å². The molecule has 1 atom stereocenters. The number of aryl methyl sites for hydroxylation is 1. The summed E-state index contributed by atoms with van der Waals surface area (Å²) in [6.07, 6.45) is -4.52. The van der Waals surface area contributed by atoms with Gasteiger partial charge in [-0.25, -0.2) is 9.18 Å². The van der Waals surface area contributed by atoms with E-state index in [9.17, 15) is 27.2 Å². The Labute approximate surface area is 200 Å². The highest BCUT2D eigenvalue weighted by Gasteiger charge is 2.47. The van der Waals surface area contributed by atoms with Crippen LogP contribution >= 0.6 is 0 Å². The number of methoxy groups -OCH3 is 1. The van der Waals surface area contributed by atoms with Gasteiger partial charge in [0.05, 0.1) is 19.1 Å². The summed E-state index contributed by atoms with van der Waals surface area (Å²) in [5, 5.41) is 0. The Morgan fingerprint density at radius 3 is 2.69 bits per heavy atom. The monoisotopic (exact) mass is 494 g/mol. The maximum atomic E-state index is 14.3. The minimum Gasteiger partial charge on any atom is -0.496 e. The molecule has 6 nitrogen and oxygen atoms in total. The standard InChI is InChI=1S/C25H26F4N2O4/c1-15-9-20(26)17(11-21(15)34-2)12-23(32)31-8-7-30(22(13-31)25(27,28)29)6-5-16-3-4-19-18(10-16)14-35-24(19)33/h3-4,9-11,22H,5-8,12-14H2,1-2H3. The summed E-state index contributed by atoms with van der Waals surface area (Å²) in [6.45, 7) is 1.62. The Morgan fingerprint density at radius 1 is 1.20 bits per heavy atom. The van der Waals surface area contributed by atoms with Gasteiger partial charge in [0.15, 0.2) is 0 Å². The van der Waals surface area contributed by atoms with Gasteiger partial charge in [-0.3, -0.25) is 9.69 Å². The van der Waals surface area contributed by atoms with Gasteiger partial charge in [-0.05, 0) is 42.7 Å². The summed E-state index contributed by atoms with van der Waals surface area (Å²) < 4.78 is 66.2. The average molecular weight is 494 g/mol. The van der Waals surface area contributed by atoms with E-state index < -0.39 is 36.5 Å². The summed E-state index contributed by atoms with van der Waals surface area (Å²) in [6, 6.07) is 5.98. The van der Waals surface area contributed by atoms with Gasteiger partial charge in [0.25, 0.3) is 0 Å². The molecule has 188 valence electrons. The number of halogens is 4. The number of hydrogen-bond donors (Lipinski definition) is 0. The Hall–Kier alpha value is -3.14. The van der Waals surface area contributed by atoms with Crippen molar-refractivity contribution in [3.8, 4) is 5.75 Å². The predicted octanol–water partition coefficient (Wildman–Crippen LogP) is 3.67. The van der Waals surface area contributed by atoms with Crippen molar-refractivity contribution in [3.63, 3.8) is 0 Å². The number of rotatable bonds is 6. The number of amides is 1. The quantitative estimate of drug-likeness (QED) is 0.453. The molecule has 0 aromatic heterocycles. The van der Waals surface area contributed by atoms with Gasteiger partial charge in [0.1, 0.15) is 24.2 Å².